The Morgan fingerprint density at radius 2 is 1.89 bits per heavy atom. The van der Waals surface area contributed by atoms with Crippen molar-refractivity contribution in [3.05, 3.63) is 0 Å². The Morgan fingerprint density at radius 3 is 2.37 bits per heavy atom. The number of ether oxygens (including phenoxy) is 2. The molecule has 0 aromatic rings. The van der Waals surface area contributed by atoms with E-state index in [2.05, 4.69) is 5.32 Å². The SMILES string of the molecule is CC1(C)COC(CCN[C@@H](CC(=O)O)C(=O)O)OC1. The summed E-state index contributed by atoms with van der Waals surface area (Å²) in [7, 11) is 0. The molecule has 0 aromatic carbocycles. The third kappa shape index (κ3) is 6.00. The van der Waals surface area contributed by atoms with Gasteiger partial charge in [-0.15, -0.1) is 0 Å². The van der Waals surface area contributed by atoms with E-state index in [4.69, 9.17) is 19.7 Å². The molecule has 1 aliphatic heterocycles. The minimum absolute atomic E-state index is 0.00314. The first kappa shape index (κ1) is 15.9. The van der Waals surface area contributed by atoms with Crippen LogP contribution in [-0.2, 0) is 19.1 Å². The van der Waals surface area contributed by atoms with Crippen molar-refractivity contribution in [1.82, 2.24) is 5.32 Å². The standard InChI is InChI=1S/C12H21NO6/c1-12(2)6-18-10(19-7-12)3-4-13-8(11(16)17)5-9(14)15/h8,10,13H,3-7H2,1-2H3,(H,14,15)(H,16,17)/t8-/m0/s1. The summed E-state index contributed by atoms with van der Waals surface area (Å²) < 4.78 is 11.0. The molecule has 7 nitrogen and oxygen atoms in total. The molecule has 1 saturated heterocycles. The molecule has 1 aliphatic rings. The van der Waals surface area contributed by atoms with Crippen LogP contribution in [0.25, 0.3) is 0 Å². The first-order chi connectivity index (χ1) is 8.80. The van der Waals surface area contributed by atoms with E-state index in [1.807, 2.05) is 13.8 Å². The highest BCUT2D eigenvalue weighted by molar-refractivity contribution is 5.80. The lowest BCUT2D eigenvalue weighted by atomic mass is 9.95. The molecule has 3 N–H and O–H groups in total. The predicted molar refractivity (Wildman–Crippen MR) is 65.8 cm³/mol. The van der Waals surface area contributed by atoms with Crippen LogP contribution in [0.3, 0.4) is 0 Å². The quantitative estimate of drug-likeness (QED) is 0.613. The van der Waals surface area contributed by atoms with Gasteiger partial charge in [0, 0.05) is 18.4 Å². The molecule has 110 valence electrons. The van der Waals surface area contributed by atoms with Crippen LogP contribution in [0, 0.1) is 5.41 Å². The Labute approximate surface area is 111 Å². The minimum Gasteiger partial charge on any atom is -0.481 e. The van der Waals surface area contributed by atoms with Crippen LogP contribution in [0.15, 0.2) is 0 Å². The van der Waals surface area contributed by atoms with Gasteiger partial charge in [-0.2, -0.15) is 0 Å². The highest BCUT2D eigenvalue weighted by Crippen LogP contribution is 2.23. The number of carboxylic acids is 2. The summed E-state index contributed by atoms with van der Waals surface area (Å²) in [4.78, 5) is 21.3. The zero-order valence-corrected chi connectivity index (χ0v) is 11.2. The molecule has 1 fully saturated rings. The summed E-state index contributed by atoms with van der Waals surface area (Å²) in [6.45, 7) is 5.59. The molecular weight excluding hydrogens is 254 g/mol. The van der Waals surface area contributed by atoms with E-state index in [1.54, 1.807) is 0 Å². The number of hydrogen-bond acceptors (Lipinski definition) is 5. The highest BCUT2D eigenvalue weighted by atomic mass is 16.7. The number of hydrogen-bond donors (Lipinski definition) is 3. The average Bonchev–Trinajstić information content (AvgIpc) is 2.29. The first-order valence-electron chi connectivity index (χ1n) is 6.21. The second-order valence-electron chi connectivity index (χ2n) is 5.45. The number of carbonyl (C=O) groups is 2. The summed E-state index contributed by atoms with van der Waals surface area (Å²) in [6.07, 6.45) is -0.325. The van der Waals surface area contributed by atoms with Crippen molar-refractivity contribution in [1.29, 1.82) is 0 Å². The zero-order chi connectivity index (χ0) is 14.5. The molecule has 0 aromatic heterocycles. The second kappa shape index (κ2) is 6.83. The van der Waals surface area contributed by atoms with Gasteiger partial charge in [-0.05, 0) is 0 Å². The fraction of sp³-hybridized carbons (Fsp3) is 0.833. The molecule has 0 spiro atoms. The number of aliphatic carboxylic acids is 2. The van der Waals surface area contributed by atoms with Crippen molar-refractivity contribution in [3.63, 3.8) is 0 Å². The maximum Gasteiger partial charge on any atom is 0.321 e. The van der Waals surface area contributed by atoms with Gasteiger partial charge in [-0.3, -0.25) is 9.59 Å². The average molecular weight is 275 g/mol. The fourth-order valence-electron chi connectivity index (χ4n) is 1.69. The molecule has 19 heavy (non-hydrogen) atoms. The van der Waals surface area contributed by atoms with Crippen LogP contribution in [0.5, 0.6) is 0 Å². The van der Waals surface area contributed by atoms with Gasteiger partial charge in [-0.1, -0.05) is 13.8 Å². The Kier molecular flexibility index (Phi) is 5.71. The third-order valence-corrected chi connectivity index (χ3v) is 2.77. The van der Waals surface area contributed by atoms with Gasteiger partial charge in [0.2, 0.25) is 0 Å². The van der Waals surface area contributed by atoms with Crippen LogP contribution in [0.1, 0.15) is 26.7 Å². The van der Waals surface area contributed by atoms with Crippen molar-refractivity contribution in [2.75, 3.05) is 19.8 Å². The molecule has 0 saturated carbocycles. The number of rotatable bonds is 7. The van der Waals surface area contributed by atoms with Gasteiger partial charge < -0.3 is 25.0 Å². The molecule has 0 bridgehead atoms. The molecule has 7 heteroatoms. The summed E-state index contributed by atoms with van der Waals surface area (Å²) in [5, 5.41) is 20.1. The molecule has 1 heterocycles. The Morgan fingerprint density at radius 1 is 1.32 bits per heavy atom. The Bertz CT molecular complexity index is 320. The van der Waals surface area contributed by atoms with E-state index in [9.17, 15) is 9.59 Å². The molecule has 1 rings (SSSR count). The first-order valence-corrected chi connectivity index (χ1v) is 6.21. The van der Waals surface area contributed by atoms with Crippen molar-refractivity contribution < 1.29 is 29.3 Å². The molecule has 0 radical (unpaired) electrons. The summed E-state index contributed by atoms with van der Waals surface area (Å²) in [5.74, 6) is -2.32. The lowest BCUT2D eigenvalue weighted by Gasteiger charge is -2.34. The van der Waals surface area contributed by atoms with E-state index in [-0.39, 0.29) is 11.7 Å². The van der Waals surface area contributed by atoms with Crippen LogP contribution in [-0.4, -0.2) is 54.2 Å². The van der Waals surface area contributed by atoms with Crippen molar-refractivity contribution in [3.8, 4) is 0 Å². The van der Waals surface area contributed by atoms with Crippen molar-refractivity contribution in [2.24, 2.45) is 5.41 Å². The molecule has 0 aliphatic carbocycles. The van der Waals surface area contributed by atoms with E-state index < -0.39 is 24.4 Å². The minimum atomic E-state index is -1.17. The van der Waals surface area contributed by atoms with E-state index >= 15 is 0 Å². The maximum atomic E-state index is 10.8. The normalized spacial score (nSPS) is 20.9. The summed E-state index contributed by atoms with van der Waals surface area (Å²) in [6, 6.07) is -1.09. The Hall–Kier alpha value is -1.18. The molecule has 0 unspecified atom stereocenters. The zero-order valence-electron chi connectivity index (χ0n) is 11.2. The monoisotopic (exact) mass is 275 g/mol. The largest absolute Gasteiger partial charge is 0.481 e. The van der Waals surface area contributed by atoms with E-state index in [1.165, 1.54) is 0 Å². The summed E-state index contributed by atoms with van der Waals surface area (Å²) in [5.41, 5.74) is -0.00314. The van der Waals surface area contributed by atoms with Crippen molar-refractivity contribution in [2.45, 2.75) is 39.0 Å². The highest BCUT2D eigenvalue weighted by Gasteiger charge is 2.28. The van der Waals surface area contributed by atoms with Crippen LogP contribution >= 0.6 is 0 Å². The number of nitrogens with one attached hydrogen (secondary N) is 1. The van der Waals surface area contributed by atoms with Gasteiger partial charge >= 0.3 is 11.9 Å². The van der Waals surface area contributed by atoms with Gasteiger partial charge in [-0.25, -0.2) is 0 Å². The van der Waals surface area contributed by atoms with Crippen LogP contribution in [0.2, 0.25) is 0 Å². The second-order valence-corrected chi connectivity index (χ2v) is 5.45. The third-order valence-electron chi connectivity index (χ3n) is 2.77. The van der Waals surface area contributed by atoms with Crippen LogP contribution in [0.4, 0.5) is 0 Å². The molecule has 1 atom stereocenters. The fourth-order valence-corrected chi connectivity index (χ4v) is 1.69. The molecular formula is C12H21NO6. The van der Waals surface area contributed by atoms with Crippen molar-refractivity contribution >= 4 is 11.9 Å². The maximum absolute atomic E-state index is 10.8. The van der Waals surface area contributed by atoms with E-state index in [0.29, 0.717) is 26.2 Å². The van der Waals surface area contributed by atoms with Crippen LogP contribution < -0.4 is 5.32 Å². The number of carboxylic acid groups (broad SMARTS) is 2. The van der Waals surface area contributed by atoms with E-state index in [0.717, 1.165) is 0 Å². The van der Waals surface area contributed by atoms with Gasteiger partial charge in [0.1, 0.15) is 6.04 Å². The smallest absolute Gasteiger partial charge is 0.321 e. The lowest BCUT2D eigenvalue weighted by Crippen LogP contribution is -2.42. The van der Waals surface area contributed by atoms with Gasteiger partial charge in [0.25, 0.3) is 0 Å². The lowest BCUT2D eigenvalue weighted by molar-refractivity contribution is -0.223. The predicted octanol–water partition coefficient (Wildman–Crippen LogP) is 0.293. The van der Waals surface area contributed by atoms with Gasteiger partial charge in [0.05, 0.1) is 19.6 Å². The summed E-state index contributed by atoms with van der Waals surface area (Å²) >= 11 is 0. The Balaban J connectivity index is 2.25. The van der Waals surface area contributed by atoms with Gasteiger partial charge in [0.15, 0.2) is 6.29 Å². The molecule has 0 amide bonds. The topological polar surface area (TPSA) is 105 Å².